The van der Waals surface area contributed by atoms with Gasteiger partial charge in [0.15, 0.2) is 0 Å². The Kier molecular flexibility index (Phi) is 3.76. The first kappa shape index (κ1) is 14.5. The fraction of sp³-hybridized carbons (Fsp3) is 0.600. The Morgan fingerprint density at radius 2 is 1.53 bits per heavy atom. The van der Waals surface area contributed by atoms with Gasteiger partial charge >= 0.3 is 7.12 Å². The molecular formula is C15H22BFO2. The summed E-state index contributed by atoms with van der Waals surface area (Å²) in [5.74, 6) is -0.0887. The van der Waals surface area contributed by atoms with Crippen LogP contribution in [0, 0.1) is 5.82 Å². The van der Waals surface area contributed by atoms with Crippen LogP contribution in [0.1, 0.15) is 52.4 Å². The van der Waals surface area contributed by atoms with Gasteiger partial charge in [-0.1, -0.05) is 25.5 Å². The molecule has 2 nitrogen and oxygen atoms in total. The van der Waals surface area contributed by atoms with E-state index in [4.69, 9.17) is 9.31 Å². The Hall–Kier alpha value is -0.865. The van der Waals surface area contributed by atoms with Crippen molar-refractivity contribution in [3.05, 3.63) is 35.6 Å². The van der Waals surface area contributed by atoms with Crippen molar-refractivity contribution < 1.29 is 13.7 Å². The van der Waals surface area contributed by atoms with E-state index in [1.54, 1.807) is 0 Å². The summed E-state index contributed by atoms with van der Waals surface area (Å²) in [5, 5.41) is 0. The molecule has 2 rings (SSSR count). The quantitative estimate of drug-likeness (QED) is 0.769. The minimum atomic E-state index is -0.328. The minimum absolute atomic E-state index is 0.127. The van der Waals surface area contributed by atoms with Crippen molar-refractivity contribution in [1.82, 2.24) is 0 Å². The van der Waals surface area contributed by atoms with Gasteiger partial charge in [0.2, 0.25) is 0 Å². The van der Waals surface area contributed by atoms with Crippen LogP contribution in [0.2, 0.25) is 0 Å². The molecule has 104 valence electrons. The van der Waals surface area contributed by atoms with Gasteiger partial charge in [0.05, 0.1) is 11.2 Å². The molecule has 1 unspecified atom stereocenters. The van der Waals surface area contributed by atoms with Crippen molar-refractivity contribution in [1.29, 1.82) is 0 Å². The molecule has 1 aliphatic heterocycles. The van der Waals surface area contributed by atoms with Crippen LogP contribution < -0.4 is 0 Å². The second-order valence-corrected chi connectivity index (χ2v) is 6.19. The van der Waals surface area contributed by atoms with E-state index < -0.39 is 0 Å². The highest BCUT2D eigenvalue weighted by atomic mass is 19.1. The van der Waals surface area contributed by atoms with Crippen molar-refractivity contribution in [3.63, 3.8) is 0 Å². The Morgan fingerprint density at radius 3 is 1.95 bits per heavy atom. The van der Waals surface area contributed by atoms with E-state index in [9.17, 15) is 4.39 Å². The normalized spacial score (nSPS) is 22.5. The molecular weight excluding hydrogens is 242 g/mol. The molecule has 1 fully saturated rings. The number of halogens is 1. The minimum Gasteiger partial charge on any atom is -0.403 e. The van der Waals surface area contributed by atoms with Gasteiger partial charge in [-0.05, 0) is 45.4 Å². The van der Waals surface area contributed by atoms with Gasteiger partial charge < -0.3 is 9.31 Å². The van der Waals surface area contributed by atoms with E-state index in [0.717, 1.165) is 12.0 Å². The first-order valence-corrected chi connectivity index (χ1v) is 6.88. The summed E-state index contributed by atoms with van der Waals surface area (Å²) >= 11 is 0. The SMILES string of the molecule is CCC(B1OC(C)(C)C(C)(C)O1)c1ccc(F)cc1. The number of hydrogen-bond acceptors (Lipinski definition) is 2. The molecule has 1 atom stereocenters. The molecule has 1 aromatic rings. The Bertz CT molecular complexity index is 426. The number of hydrogen-bond donors (Lipinski definition) is 0. The zero-order chi connectivity index (χ0) is 14.3. The van der Waals surface area contributed by atoms with E-state index in [1.807, 2.05) is 39.8 Å². The molecule has 0 aliphatic carbocycles. The van der Waals surface area contributed by atoms with Gasteiger partial charge in [-0.2, -0.15) is 0 Å². The summed E-state index contributed by atoms with van der Waals surface area (Å²) in [6.07, 6.45) is 0.891. The molecule has 0 aromatic heterocycles. The lowest BCUT2D eigenvalue weighted by Gasteiger charge is -2.32. The van der Waals surface area contributed by atoms with Gasteiger partial charge in [-0.3, -0.25) is 0 Å². The van der Waals surface area contributed by atoms with E-state index in [-0.39, 0.29) is 30.0 Å². The highest BCUT2D eigenvalue weighted by molar-refractivity contribution is 6.47. The van der Waals surface area contributed by atoms with E-state index in [2.05, 4.69) is 6.92 Å². The molecule has 4 heteroatoms. The Morgan fingerprint density at radius 1 is 1.05 bits per heavy atom. The van der Waals surface area contributed by atoms with Crippen LogP contribution >= 0.6 is 0 Å². The molecule has 0 saturated carbocycles. The lowest BCUT2D eigenvalue weighted by atomic mass is 9.66. The average Bonchev–Trinajstić information content (AvgIpc) is 2.51. The summed E-state index contributed by atoms with van der Waals surface area (Å²) < 4.78 is 25.2. The zero-order valence-electron chi connectivity index (χ0n) is 12.4. The fourth-order valence-electron chi connectivity index (χ4n) is 2.35. The largest absolute Gasteiger partial charge is 0.465 e. The first-order valence-electron chi connectivity index (χ1n) is 6.88. The third-order valence-electron chi connectivity index (χ3n) is 4.34. The van der Waals surface area contributed by atoms with Gasteiger partial charge in [0.1, 0.15) is 5.82 Å². The molecule has 0 bridgehead atoms. The second kappa shape index (κ2) is 4.91. The van der Waals surface area contributed by atoms with Crippen LogP contribution in [0.15, 0.2) is 24.3 Å². The molecule has 1 heterocycles. The summed E-state index contributed by atoms with van der Waals surface area (Å²) in [6.45, 7) is 10.3. The van der Waals surface area contributed by atoms with E-state index in [0.29, 0.717) is 0 Å². The summed E-state index contributed by atoms with van der Waals surface area (Å²) in [6, 6.07) is 6.61. The maximum absolute atomic E-state index is 13.0. The Labute approximate surface area is 115 Å². The van der Waals surface area contributed by atoms with Crippen molar-refractivity contribution in [3.8, 4) is 0 Å². The van der Waals surface area contributed by atoms with Crippen LogP contribution in [0.25, 0.3) is 0 Å². The maximum atomic E-state index is 13.0. The molecule has 1 aromatic carbocycles. The van der Waals surface area contributed by atoms with Crippen molar-refractivity contribution in [2.45, 2.75) is 58.1 Å². The molecule has 0 amide bonds. The summed E-state index contributed by atoms with van der Waals surface area (Å²) in [7, 11) is -0.277. The third-order valence-corrected chi connectivity index (χ3v) is 4.34. The van der Waals surface area contributed by atoms with E-state index in [1.165, 1.54) is 12.1 Å². The standard InChI is InChI=1S/C15H22BFO2/c1-6-13(11-7-9-12(17)10-8-11)16-18-14(2,3)15(4,5)19-16/h7-10,13H,6H2,1-5H3. The first-order chi connectivity index (χ1) is 8.77. The van der Waals surface area contributed by atoms with Crippen molar-refractivity contribution >= 4 is 7.12 Å². The maximum Gasteiger partial charge on any atom is 0.465 e. The van der Waals surface area contributed by atoms with Crippen molar-refractivity contribution in [2.75, 3.05) is 0 Å². The molecule has 1 aliphatic rings. The summed E-state index contributed by atoms with van der Waals surface area (Å²) in [4.78, 5) is 0. The van der Waals surface area contributed by atoms with Gasteiger partial charge in [-0.15, -0.1) is 0 Å². The van der Waals surface area contributed by atoms with Gasteiger partial charge in [0.25, 0.3) is 0 Å². The molecule has 19 heavy (non-hydrogen) atoms. The molecule has 1 saturated heterocycles. The van der Waals surface area contributed by atoms with E-state index >= 15 is 0 Å². The summed E-state index contributed by atoms with van der Waals surface area (Å²) in [5.41, 5.74) is 0.401. The number of rotatable bonds is 3. The topological polar surface area (TPSA) is 18.5 Å². The molecule has 0 radical (unpaired) electrons. The highest BCUT2D eigenvalue weighted by Crippen LogP contribution is 2.41. The van der Waals surface area contributed by atoms with Crippen LogP contribution in [0.3, 0.4) is 0 Å². The van der Waals surface area contributed by atoms with Gasteiger partial charge in [-0.25, -0.2) is 4.39 Å². The average molecular weight is 264 g/mol. The smallest absolute Gasteiger partial charge is 0.403 e. The molecule has 0 N–H and O–H groups in total. The monoisotopic (exact) mass is 264 g/mol. The molecule has 0 spiro atoms. The van der Waals surface area contributed by atoms with Crippen molar-refractivity contribution in [2.24, 2.45) is 0 Å². The predicted molar refractivity (Wildman–Crippen MR) is 75.5 cm³/mol. The van der Waals surface area contributed by atoms with Gasteiger partial charge in [0, 0.05) is 5.82 Å². The predicted octanol–water partition coefficient (Wildman–Crippen LogP) is 3.95. The van der Waals surface area contributed by atoms with Crippen LogP contribution in [0.4, 0.5) is 4.39 Å². The lowest BCUT2D eigenvalue weighted by molar-refractivity contribution is 0.00578. The fourth-order valence-corrected chi connectivity index (χ4v) is 2.35. The highest BCUT2D eigenvalue weighted by Gasteiger charge is 2.53. The van der Waals surface area contributed by atoms with Crippen LogP contribution in [-0.2, 0) is 9.31 Å². The zero-order valence-corrected chi connectivity index (χ0v) is 12.4. The van der Waals surface area contributed by atoms with Crippen LogP contribution in [-0.4, -0.2) is 18.3 Å². The Balaban J connectivity index is 2.23. The number of benzene rings is 1. The second-order valence-electron chi connectivity index (χ2n) is 6.19. The third kappa shape index (κ3) is 2.70. The lowest BCUT2D eigenvalue weighted by Crippen LogP contribution is -2.41. The van der Waals surface area contributed by atoms with Crippen LogP contribution in [0.5, 0.6) is 0 Å².